The third-order valence-electron chi connectivity index (χ3n) is 3.21. The van der Waals surface area contributed by atoms with Crippen LogP contribution < -0.4 is 5.32 Å². The molecule has 0 saturated heterocycles. The Hall–Kier alpha value is -1.84. The van der Waals surface area contributed by atoms with E-state index in [1.807, 2.05) is 14.0 Å². The highest BCUT2D eigenvalue weighted by Gasteiger charge is 2.28. The first-order valence-corrected chi connectivity index (χ1v) is 5.99. The lowest BCUT2D eigenvalue weighted by Crippen LogP contribution is -1.99. The Morgan fingerprint density at radius 3 is 2.47 bits per heavy atom. The molecule has 0 amide bonds. The first kappa shape index (κ1) is 10.3. The molecular formula is C13H16N4. The fourth-order valence-electron chi connectivity index (χ4n) is 2.12. The molecule has 0 bridgehead atoms. The molecule has 17 heavy (non-hydrogen) atoms. The van der Waals surface area contributed by atoms with Crippen molar-refractivity contribution >= 4 is 5.69 Å². The van der Waals surface area contributed by atoms with Gasteiger partial charge in [-0.3, -0.25) is 0 Å². The predicted molar refractivity (Wildman–Crippen MR) is 68.0 cm³/mol. The number of benzene rings is 1. The summed E-state index contributed by atoms with van der Waals surface area (Å²) in [6, 6.07) is 8.93. The fraction of sp³-hybridized carbons (Fsp3) is 0.385. The van der Waals surface area contributed by atoms with Gasteiger partial charge in [-0.2, -0.15) is 0 Å². The molecule has 0 radical (unpaired) electrons. The zero-order valence-corrected chi connectivity index (χ0v) is 10.1. The van der Waals surface area contributed by atoms with Crippen LogP contribution in [-0.4, -0.2) is 21.8 Å². The molecule has 1 fully saturated rings. The largest absolute Gasteiger partial charge is 0.388 e. The van der Waals surface area contributed by atoms with Crippen LogP contribution in [0.5, 0.6) is 0 Å². The molecule has 3 rings (SSSR count). The van der Waals surface area contributed by atoms with E-state index in [2.05, 4.69) is 44.3 Å². The second-order valence-corrected chi connectivity index (χ2v) is 4.50. The summed E-state index contributed by atoms with van der Waals surface area (Å²) in [6.45, 7) is 2.02. The summed E-state index contributed by atoms with van der Waals surface area (Å²) >= 11 is 0. The molecule has 4 heteroatoms. The van der Waals surface area contributed by atoms with E-state index in [1.54, 1.807) is 0 Å². The quantitative estimate of drug-likeness (QED) is 0.878. The van der Waals surface area contributed by atoms with Crippen LogP contribution in [0.15, 0.2) is 24.3 Å². The average Bonchev–Trinajstić information content (AvgIpc) is 3.13. The van der Waals surface area contributed by atoms with Crippen LogP contribution in [0.3, 0.4) is 0 Å². The summed E-state index contributed by atoms with van der Waals surface area (Å²) in [5, 5.41) is 11.6. The van der Waals surface area contributed by atoms with Crippen molar-refractivity contribution in [3.63, 3.8) is 0 Å². The SMILES string of the molecule is CNc1ccc(-c2nnc(C)n2C2CC2)cc1. The van der Waals surface area contributed by atoms with Crippen LogP contribution >= 0.6 is 0 Å². The highest BCUT2D eigenvalue weighted by Crippen LogP contribution is 2.38. The van der Waals surface area contributed by atoms with Crippen LogP contribution in [0.4, 0.5) is 5.69 Å². The van der Waals surface area contributed by atoms with Crippen molar-refractivity contribution in [1.82, 2.24) is 14.8 Å². The van der Waals surface area contributed by atoms with Crippen LogP contribution in [0.25, 0.3) is 11.4 Å². The number of aryl methyl sites for hydroxylation is 1. The van der Waals surface area contributed by atoms with Gasteiger partial charge in [0.1, 0.15) is 5.82 Å². The van der Waals surface area contributed by atoms with Gasteiger partial charge in [0.05, 0.1) is 0 Å². The third-order valence-corrected chi connectivity index (χ3v) is 3.21. The van der Waals surface area contributed by atoms with Crippen molar-refractivity contribution in [2.75, 3.05) is 12.4 Å². The Bertz CT molecular complexity index is 523. The van der Waals surface area contributed by atoms with Gasteiger partial charge in [-0.1, -0.05) is 0 Å². The highest BCUT2D eigenvalue weighted by atomic mass is 15.3. The van der Waals surface area contributed by atoms with Gasteiger partial charge >= 0.3 is 0 Å². The summed E-state index contributed by atoms with van der Waals surface area (Å²) in [7, 11) is 1.92. The molecule has 88 valence electrons. The minimum absolute atomic E-state index is 0.615. The van der Waals surface area contributed by atoms with E-state index in [0.717, 1.165) is 22.9 Å². The first-order chi connectivity index (χ1) is 8.29. The second-order valence-electron chi connectivity index (χ2n) is 4.50. The normalized spacial score (nSPS) is 14.9. The van der Waals surface area contributed by atoms with Crippen molar-refractivity contribution in [3.05, 3.63) is 30.1 Å². The topological polar surface area (TPSA) is 42.7 Å². The Morgan fingerprint density at radius 2 is 1.88 bits per heavy atom. The van der Waals surface area contributed by atoms with Gasteiger partial charge in [-0.15, -0.1) is 10.2 Å². The summed E-state index contributed by atoms with van der Waals surface area (Å²) in [4.78, 5) is 0. The lowest BCUT2D eigenvalue weighted by molar-refractivity contribution is 0.717. The number of hydrogen-bond donors (Lipinski definition) is 1. The molecule has 0 atom stereocenters. The molecule has 2 aromatic rings. The van der Waals surface area contributed by atoms with E-state index in [-0.39, 0.29) is 0 Å². The van der Waals surface area contributed by atoms with Crippen molar-refractivity contribution in [2.24, 2.45) is 0 Å². The Balaban J connectivity index is 2.02. The molecule has 1 aliphatic carbocycles. The molecule has 1 N–H and O–H groups in total. The van der Waals surface area contributed by atoms with Crippen LogP contribution in [0, 0.1) is 6.92 Å². The lowest BCUT2D eigenvalue weighted by atomic mass is 10.2. The van der Waals surface area contributed by atoms with Gasteiger partial charge in [0.2, 0.25) is 0 Å². The maximum absolute atomic E-state index is 4.30. The number of nitrogens with one attached hydrogen (secondary N) is 1. The molecule has 1 aliphatic rings. The Morgan fingerprint density at radius 1 is 1.18 bits per heavy atom. The minimum Gasteiger partial charge on any atom is -0.388 e. The molecule has 1 aromatic carbocycles. The van der Waals surface area contributed by atoms with Gasteiger partial charge in [0.15, 0.2) is 5.82 Å². The van der Waals surface area contributed by atoms with E-state index in [9.17, 15) is 0 Å². The molecule has 0 unspecified atom stereocenters. The Labute approximate surface area is 101 Å². The van der Waals surface area contributed by atoms with Gasteiger partial charge in [-0.25, -0.2) is 0 Å². The molecular weight excluding hydrogens is 212 g/mol. The van der Waals surface area contributed by atoms with Gasteiger partial charge in [0.25, 0.3) is 0 Å². The molecule has 0 aliphatic heterocycles. The first-order valence-electron chi connectivity index (χ1n) is 5.99. The smallest absolute Gasteiger partial charge is 0.164 e. The number of nitrogens with zero attached hydrogens (tertiary/aromatic N) is 3. The number of hydrogen-bond acceptors (Lipinski definition) is 3. The Kier molecular flexibility index (Phi) is 2.35. The summed E-state index contributed by atoms with van der Waals surface area (Å²) in [5.74, 6) is 2.01. The third kappa shape index (κ3) is 1.79. The molecule has 1 heterocycles. The highest BCUT2D eigenvalue weighted by molar-refractivity contribution is 5.60. The number of aromatic nitrogens is 3. The number of rotatable bonds is 3. The van der Waals surface area contributed by atoms with Crippen LogP contribution in [0.1, 0.15) is 24.7 Å². The van der Waals surface area contributed by atoms with Gasteiger partial charge < -0.3 is 9.88 Å². The molecule has 0 spiro atoms. The predicted octanol–water partition coefficient (Wildman–Crippen LogP) is 2.63. The molecule has 1 saturated carbocycles. The van der Waals surface area contributed by atoms with E-state index >= 15 is 0 Å². The monoisotopic (exact) mass is 228 g/mol. The minimum atomic E-state index is 0.615. The second kappa shape index (κ2) is 3.87. The van der Waals surface area contributed by atoms with E-state index in [1.165, 1.54) is 12.8 Å². The molecule has 1 aromatic heterocycles. The van der Waals surface area contributed by atoms with E-state index in [0.29, 0.717) is 6.04 Å². The molecule has 4 nitrogen and oxygen atoms in total. The maximum atomic E-state index is 4.30. The van der Waals surface area contributed by atoms with Crippen molar-refractivity contribution < 1.29 is 0 Å². The van der Waals surface area contributed by atoms with E-state index in [4.69, 9.17) is 0 Å². The zero-order chi connectivity index (χ0) is 11.8. The summed E-state index contributed by atoms with van der Waals surface area (Å²) in [6.07, 6.45) is 2.50. The van der Waals surface area contributed by atoms with Crippen LogP contribution in [0.2, 0.25) is 0 Å². The summed E-state index contributed by atoms with van der Waals surface area (Å²) < 4.78 is 2.26. The standard InChI is InChI=1S/C13H16N4/c1-9-15-16-13(17(9)12-7-8-12)10-3-5-11(14-2)6-4-10/h3-6,12,14H,7-8H2,1-2H3. The van der Waals surface area contributed by atoms with Gasteiger partial charge in [-0.05, 0) is 44.0 Å². The zero-order valence-electron chi connectivity index (χ0n) is 10.1. The van der Waals surface area contributed by atoms with Crippen molar-refractivity contribution in [3.8, 4) is 11.4 Å². The number of anilines is 1. The lowest BCUT2D eigenvalue weighted by Gasteiger charge is -2.07. The van der Waals surface area contributed by atoms with Crippen molar-refractivity contribution in [2.45, 2.75) is 25.8 Å². The fourth-order valence-corrected chi connectivity index (χ4v) is 2.12. The van der Waals surface area contributed by atoms with Crippen molar-refractivity contribution in [1.29, 1.82) is 0 Å². The van der Waals surface area contributed by atoms with E-state index < -0.39 is 0 Å². The summed E-state index contributed by atoms with van der Waals surface area (Å²) in [5.41, 5.74) is 2.25. The van der Waals surface area contributed by atoms with Crippen LogP contribution in [-0.2, 0) is 0 Å². The van der Waals surface area contributed by atoms with Gasteiger partial charge in [0, 0.05) is 24.3 Å². The maximum Gasteiger partial charge on any atom is 0.164 e. The average molecular weight is 228 g/mol.